The highest BCUT2D eigenvalue weighted by atomic mass is 79.9. The minimum atomic E-state index is 0. The first-order valence-electron chi connectivity index (χ1n) is 7.60. The van der Waals surface area contributed by atoms with E-state index in [1.165, 1.54) is 4.90 Å². The Bertz CT molecular complexity index is 518. The van der Waals surface area contributed by atoms with Crippen molar-refractivity contribution in [3.05, 3.63) is 29.3 Å². The molecular formula is C16H25BrClN3OS. The van der Waals surface area contributed by atoms with Crippen molar-refractivity contribution in [2.75, 3.05) is 27.2 Å². The topological polar surface area (TPSA) is 35.6 Å². The zero-order chi connectivity index (χ0) is 16.1. The summed E-state index contributed by atoms with van der Waals surface area (Å²) in [5, 5.41) is 4.21. The standard InChI is InChI=1S/C16H24ClN3OS.BrH/c1-12(19(2)3)18-16(21)20-9-5-8-15(11-20)22-14-7-4-6-13(17)10-14;/h4,6-7,10,12,15H,5,8-9,11H2,1-3H3,(H,18,21);1H. The molecule has 23 heavy (non-hydrogen) atoms. The molecule has 1 saturated heterocycles. The Kier molecular flexibility index (Phi) is 8.75. The molecule has 1 heterocycles. The number of amides is 2. The third-order valence-electron chi connectivity index (χ3n) is 3.87. The second-order valence-electron chi connectivity index (χ2n) is 5.87. The normalized spacial score (nSPS) is 19.2. The molecule has 2 atom stereocenters. The Morgan fingerprint density at radius 3 is 2.87 bits per heavy atom. The lowest BCUT2D eigenvalue weighted by molar-refractivity contribution is 0.170. The number of halogens is 2. The second kappa shape index (κ2) is 9.77. The van der Waals surface area contributed by atoms with E-state index in [2.05, 4.69) is 11.4 Å². The van der Waals surface area contributed by atoms with Crippen LogP contribution < -0.4 is 5.32 Å². The summed E-state index contributed by atoms with van der Waals surface area (Å²) in [6, 6.07) is 7.94. The molecule has 2 rings (SSSR count). The van der Waals surface area contributed by atoms with E-state index in [0.717, 1.165) is 31.0 Å². The molecule has 0 saturated carbocycles. The van der Waals surface area contributed by atoms with E-state index < -0.39 is 0 Å². The average molecular weight is 423 g/mol. The molecule has 7 heteroatoms. The molecule has 130 valence electrons. The number of thioether (sulfide) groups is 1. The zero-order valence-corrected chi connectivity index (χ0v) is 17.1. The van der Waals surface area contributed by atoms with Crippen LogP contribution >= 0.6 is 40.3 Å². The van der Waals surface area contributed by atoms with Crippen molar-refractivity contribution >= 4 is 46.4 Å². The van der Waals surface area contributed by atoms with E-state index in [0.29, 0.717) is 5.25 Å². The minimum Gasteiger partial charge on any atom is -0.324 e. The fourth-order valence-corrected chi connectivity index (χ4v) is 3.88. The van der Waals surface area contributed by atoms with Crippen molar-refractivity contribution in [1.82, 2.24) is 15.1 Å². The third kappa shape index (κ3) is 6.53. The molecule has 1 aromatic carbocycles. The van der Waals surface area contributed by atoms with E-state index in [1.807, 2.05) is 60.8 Å². The fourth-order valence-electron chi connectivity index (χ4n) is 2.35. The first-order chi connectivity index (χ1) is 10.5. The largest absolute Gasteiger partial charge is 0.324 e. The van der Waals surface area contributed by atoms with Gasteiger partial charge >= 0.3 is 6.03 Å². The van der Waals surface area contributed by atoms with Crippen molar-refractivity contribution in [2.45, 2.75) is 36.1 Å². The van der Waals surface area contributed by atoms with Crippen LogP contribution in [0.4, 0.5) is 4.79 Å². The average Bonchev–Trinajstić information content (AvgIpc) is 2.47. The zero-order valence-electron chi connectivity index (χ0n) is 13.8. The van der Waals surface area contributed by atoms with Gasteiger partial charge in [0.1, 0.15) is 0 Å². The first kappa shape index (κ1) is 20.6. The number of rotatable bonds is 4. The first-order valence-corrected chi connectivity index (χ1v) is 8.85. The van der Waals surface area contributed by atoms with E-state index in [1.54, 1.807) is 0 Å². The Labute approximate surface area is 158 Å². The Hall–Kier alpha value is -0.430. The van der Waals surface area contributed by atoms with Gasteiger partial charge in [-0.25, -0.2) is 4.79 Å². The summed E-state index contributed by atoms with van der Waals surface area (Å²) in [4.78, 5) is 17.4. The van der Waals surface area contributed by atoms with Gasteiger partial charge in [-0.15, -0.1) is 28.7 Å². The molecule has 1 fully saturated rings. The van der Waals surface area contributed by atoms with Crippen LogP contribution in [0.1, 0.15) is 19.8 Å². The van der Waals surface area contributed by atoms with Crippen LogP contribution in [0.15, 0.2) is 29.2 Å². The number of nitrogens with one attached hydrogen (secondary N) is 1. The van der Waals surface area contributed by atoms with Crippen molar-refractivity contribution in [3.8, 4) is 0 Å². The molecule has 1 aliphatic rings. The third-order valence-corrected chi connectivity index (χ3v) is 5.35. The number of carbonyl (C=O) groups is 1. The molecule has 2 amide bonds. The Morgan fingerprint density at radius 1 is 1.48 bits per heavy atom. The van der Waals surface area contributed by atoms with Crippen LogP contribution in [0.25, 0.3) is 0 Å². The number of carbonyl (C=O) groups excluding carboxylic acids is 1. The number of nitrogens with zero attached hydrogens (tertiary/aromatic N) is 2. The highest BCUT2D eigenvalue weighted by molar-refractivity contribution is 8.93. The van der Waals surface area contributed by atoms with E-state index in [-0.39, 0.29) is 29.2 Å². The SMILES string of the molecule is Br.CC(NC(=O)N1CCCC(Sc2cccc(Cl)c2)C1)N(C)C. The summed E-state index contributed by atoms with van der Waals surface area (Å²) in [6.07, 6.45) is 2.21. The number of hydrogen-bond acceptors (Lipinski definition) is 3. The molecule has 0 spiro atoms. The maximum Gasteiger partial charge on any atom is 0.318 e. The lowest BCUT2D eigenvalue weighted by Gasteiger charge is -2.34. The molecule has 1 aromatic rings. The molecule has 2 unspecified atom stereocenters. The number of hydrogen-bond donors (Lipinski definition) is 1. The summed E-state index contributed by atoms with van der Waals surface area (Å²) in [5.74, 6) is 0. The molecule has 0 aromatic heterocycles. The van der Waals surface area contributed by atoms with Crippen LogP contribution in [0.2, 0.25) is 5.02 Å². The quantitative estimate of drug-likeness (QED) is 0.742. The van der Waals surface area contributed by atoms with Crippen molar-refractivity contribution < 1.29 is 4.79 Å². The maximum absolute atomic E-state index is 12.3. The molecule has 1 aliphatic heterocycles. The molecule has 0 radical (unpaired) electrons. The van der Waals surface area contributed by atoms with Crippen LogP contribution in [-0.4, -0.2) is 54.4 Å². The van der Waals surface area contributed by atoms with Crippen LogP contribution in [0, 0.1) is 0 Å². The van der Waals surface area contributed by atoms with Crippen LogP contribution in [0.5, 0.6) is 0 Å². The number of urea groups is 1. The highest BCUT2D eigenvalue weighted by Gasteiger charge is 2.25. The van der Waals surface area contributed by atoms with Crippen LogP contribution in [-0.2, 0) is 0 Å². The van der Waals surface area contributed by atoms with Gasteiger partial charge < -0.3 is 10.2 Å². The smallest absolute Gasteiger partial charge is 0.318 e. The van der Waals surface area contributed by atoms with Gasteiger partial charge in [-0.05, 0) is 52.1 Å². The van der Waals surface area contributed by atoms with E-state index in [4.69, 9.17) is 11.6 Å². The summed E-state index contributed by atoms with van der Waals surface area (Å²) in [5.41, 5.74) is 0. The van der Waals surface area contributed by atoms with Gasteiger partial charge in [0.25, 0.3) is 0 Å². The van der Waals surface area contributed by atoms with Gasteiger partial charge in [0.05, 0.1) is 6.17 Å². The minimum absolute atomic E-state index is 0. The van der Waals surface area contributed by atoms with Crippen molar-refractivity contribution in [1.29, 1.82) is 0 Å². The monoisotopic (exact) mass is 421 g/mol. The fraction of sp³-hybridized carbons (Fsp3) is 0.562. The molecule has 0 bridgehead atoms. The van der Waals surface area contributed by atoms with Gasteiger partial charge in [-0.3, -0.25) is 4.90 Å². The summed E-state index contributed by atoms with van der Waals surface area (Å²) < 4.78 is 0. The summed E-state index contributed by atoms with van der Waals surface area (Å²) in [6.45, 7) is 3.60. The van der Waals surface area contributed by atoms with Crippen molar-refractivity contribution in [3.63, 3.8) is 0 Å². The van der Waals surface area contributed by atoms with Gasteiger partial charge in [0, 0.05) is 28.3 Å². The maximum atomic E-state index is 12.3. The van der Waals surface area contributed by atoms with Gasteiger partial charge in [-0.1, -0.05) is 17.7 Å². The van der Waals surface area contributed by atoms with Gasteiger partial charge in [0.15, 0.2) is 0 Å². The second-order valence-corrected chi connectivity index (χ2v) is 7.68. The number of benzene rings is 1. The van der Waals surface area contributed by atoms with E-state index in [9.17, 15) is 4.79 Å². The lowest BCUT2D eigenvalue weighted by Crippen LogP contribution is -2.51. The van der Waals surface area contributed by atoms with Gasteiger partial charge in [-0.2, -0.15) is 0 Å². The van der Waals surface area contributed by atoms with E-state index >= 15 is 0 Å². The molecule has 4 nitrogen and oxygen atoms in total. The van der Waals surface area contributed by atoms with Crippen molar-refractivity contribution in [2.24, 2.45) is 0 Å². The molecular weight excluding hydrogens is 398 g/mol. The number of piperidine rings is 1. The summed E-state index contributed by atoms with van der Waals surface area (Å²) >= 11 is 7.84. The summed E-state index contributed by atoms with van der Waals surface area (Å²) in [7, 11) is 3.91. The predicted octanol–water partition coefficient (Wildman–Crippen LogP) is 4.09. The highest BCUT2D eigenvalue weighted by Crippen LogP contribution is 2.30. The number of likely N-dealkylation sites (tertiary alicyclic amines) is 1. The predicted molar refractivity (Wildman–Crippen MR) is 104 cm³/mol. The van der Waals surface area contributed by atoms with Gasteiger partial charge in [0.2, 0.25) is 0 Å². The molecule has 0 aliphatic carbocycles. The Morgan fingerprint density at radius 2 is 2.22 bits per heavy atom. The lowest BCUT2D eigenvalue weighted by atomic mass is 10.1. The van der Waals surface area contributed by atoms with Crippen LogP contribution in [0.3, 0.4) is 0 Å². The molecule has 1 N–H and O–H groups in total. The Balaban J connectivity index is 0.00000264.